The molecule has 0 aliphatic carbocycles. The van der Waals surface area contributed by atoms with Crippen molar-refractivity contribution >= 4 is 23.3 Å². The Labute approximate surface area is 132 Å². The van der Waals surface area contributed by atoms with Gasteiger partial charge in [-0.25, -0.2) is 4.68 Å². The smallest absolute Gasteiger partial charge is 0.275 e. The van der Waals surface area contributed by atoms with Crippen LogP contribution in [0.15, 0.2) is 60.9 Å². The Morgan fingerprint density at radius 2 is 1.91 bits per heavy atom. The normalized spacial score (nSPS) is 10.4. The van der Waals surface area contributed by atoms with Crippen molar-refractivity contribution in [2.24, 2.45) is 0 Å². The quantitative estimate of drug-likeness (QED) is 0.804. The molecule has 0 bridgehead atoms. The monoisotopic (exact) mass is 312 g/mol. The molecule has 1 aromatic carbocycles. The topological polar surface area (TPSA) is 59.8 Å². The molecule has 0 aliphatic rings. The number of pyridine rings is 1. The van der Waals surface area contributed by atoms with Gasteiger partial charge in [0.1, 0.15) is 11.5 Å². The largest absolute Gasteiger partial charge is 0.305 e. The number of amides is 1. The number of hydrogen-bond donors (Lipinski definition) is 1. The predicted molar refractivity (Wildman–Crippen MR) is 85.0 cm³/mol. The van der Waals surface area contributed by atoms with Crippen LogP contribution >= 0.6 is 11.6 Å². The molecule has 110 valence electrons. The first kappa shape index (κ1) is 14.3. The van der Waals surface area contributed by atoms with Gasteiger partial charge < -0.3 is 5.32 Å². The minimum absolute atomic E-state index is 0.276. The van der Waals surface area contributed by atoms with Crippen molar-refractivity contribution in [1.29, 1.82) is 0 Å². The molecule has 0 spiro atoms. The van der Waals surface area contributed by atoms with Gasteiger partial charge in [0.25, 0.3) is 5.91 Å². The van der Waals surface area contributed by atoms with Gasteiger partial charge in [-0.3, -0.25) is 9.78 Å². The number of rotatable bonds is 4. The summed E-state index contributed by atoms with van der Waals surface area (Å²) in [6, 6.07) is 14.5. The Kier molecular flexibility index (Phi) is 4.16. The van der Waals surface area contributed by atoms with E-state index in [2.05, 4.69) is 15.4 Å². The van der Waals surface area contributed by atoms with E-state index in [9.17, 15) is 4.79 Å². The average Bonchev–Trinajstić information content (AvgIpc) is 2.97. The van der Waals surface area contributed by atoms with Gasteiger partial charge in [-0.2, -0.15) is 5.10 Å². The summed E-state index contributed by atoms with van der Waals surface area (Å²) in [7, 11) is 0. The summed E-state index contributed by atoms with van der Waals surface area (Å²) in [6.45, 7) is 0.477. The van der Waals surface area contributed by atoms with E-state index in [-0.39, 0.29) is 5.91 Å². The first-order valence-corrected chi connectivity index (χ1v) is 7.09. The van der Waals surface area contributed by atoms with Crippen LogP contribution in [0.5, 0.6) is 0 Å². The van der Waals surface area contributed by atoms with Crippen molar-refractivity contribution in [3.63, 3.8) is 0 Å². The van der Waals surface area contributed by atoms with E-state index in [1.54, 1.807) is 41.3 Å². The Hall–Kier alpha value is -2.66. The highest BCUT2D eigenvalue weighted by Crippen LogP contribution is 2.18. The fraction of sp³-hybridized carbons (Fsp3) is 0.0625. The van der Waals surface area contributed by atoms with Crippen LogP contribution < -0.4 is 5.32 Å². The minimum atomic E-state index is -0.276. The number of halogens is 1. The molecular formula is C16H13ClN4O. The lowest BCUT2D eigenvalue weighted by Crippen LogP contribution is -2.17. The summed E-state index contributed by atoms with van der Waals surface area (Å²) in [4.78, 5) is 16.2. The van der Waals surface area contributed by atoms with E-state index in [4.69, 9.17) is 11.6 Å². The molecule has 6 heteroatoms. The van der Waals surface area contributed by atoms with Crippen LogP contribution in [-0.2, 0) is 6.54 Å². The zero-order valence-electron chi connectivity index (χ0n) is 11.6. The van der Waals surface area contributed by atoms with E-state index in [0.29, 0.717) is 23.1 Å². The number of anilines is 1. The Balaban J connectivity index is 1.78. The second-order valence-electron chi connectivity index (χ2n) is 4.63. The van der Waals surface area contributed by atoms with E-state index >= 15 is 0 Å². The molecule has 22 heavy (non-hydrogen) atoms. The van der Waals surface area contributed by atoms with Gasteiger partial charge in [0.15, 0.2) is 0 Å². The van der Waals surface area contributed by atoms with Crippen LogP contribution in [0.25, 0.3) is 0 Å². The standard InChI is InChI=1S/C16H13ClN4O/c17-13-6-2-1-5-12(13)11-21-15(8-10-19-21)20-16(22)14-7-3-4-9-18-14/h1-10H,11H2,(H,20,22). The highest BCUT2D eigenvalue weighted by molar-refractivity contribution is 6.31. The molecule has 0 radical (unpaired) electrons. The first-order chi connectivity index (χ1) is 10.7. The maximum atomic E-state index is 12.1. The van der Waals surface area contributed by atoms with Crippen molar-refractivity contribution in [1.82, 2.24) is 14.8 Å². The third-order valence-corrected chi connectivity index (χ3v) is 3.50. The molecule has 0 unspecified atom stereocenters. The highest BCUT2D eigenvalue weighted by Gasteiger charge is 2.11. The lowest BCUT2D eigenvalue weighted by Gasteiger charge is -2.09. The molecule has 0 saturated carbocycles. The van der Waals surface area contributed by atoms with Gasteiger partial charge in [0.05, 0.1) is 12.7 Å². The lowest BCUT2D eigenvalue weighted by molar-refractivity contribution is 0.102. The summed E-state index contributed by atoms with van der Waals surface area (Å²) in [5, 5.41) is 7.69. The summed E-state index contributed by atoms with van der Waals surface area (Å²) < 4.78 is 1.68. The third kappa shape index (κ3) is 3.15. The van der Waals surface area contributed by atoms with Gasteiger partial charge in [0, 0.05) is 17.3 Å². The van der Waals surface area contributed by atoms with Gasteiger partial charge >= 0.3 is 0 Å². The molecule has 0 saturated heterocycles. The number of hydrogen-bond acceptors (Lipinski definition) is 3. The fourth-order valence-corrected chi connectivity index (χ4v) is 2.23. The molecule has 2 aromatic heterocycles. The van der Waals surface area contributed by atoms with E-state index < -0.39 is 0 Å². The second-order valence-corrected chi connectivity index (χ2v) is 5.04. The average molecular weight is 313 g/mol. The molecule has 1 amide bonds. The van der Waals surface area contributed by atoms with Crippen molar-refractivity contribution in [2.45, 2.75) is 6.54 Å². The number of aromatic nitrogens is 3. The number of carbonyl (C=O) groups is 1. The number of nitrogens with zero attached hydrogens (tertiary/aromatic N) is 3. The van der Waals surface area contributed by atoms with E-state index in [1.807, 2.05) is 24.3 Å². The van der Waals surface area contributed by atoms with Crippen LogP contribution in [0, 0.1) is 0 Å². The van der Waals surface area contributed by atoms with Crippen molar-refractivity contribution < 1.29 is 4.79 Å². The van der Waals surface area contributed by atoms with Crippen molar-refractivity contribution in [2.75, 3.05) is 5.32 Å². The summed E-state index contributed by atoms with van der Waals surface area (Å²) >= 11 is 6.16. The molecule has 0 fully saturated rings. The van der Waals surface area contributed by atoms with Gasteiger partial charge in [0.2, 0.25) is 0 Å². The fourth-order valence-electron chi connectivity index (χ4n) is 2.03. The Morgan fingerprint density at radius 1 is 1.09 bits per heavy atom. The SMILES string of the molecule is O=C(Nc1ccnn1Cc1ccccc1Cl)c1ccccn1. The molecule has 5 nitrogen and oxygen atoms in total. The minimum Gasteiger partial charge on any atom is -0.305 e. The van der Waals surface area contributed by atoms with E-state index in [1.165, 1.54) is 0 Å². The van der Waals surface area contributed by atoms with Crippen LogP contribution in [0.3, 0.4) is 0 Å². The molecule has 3 rings (SSSR count). The van der Waals surface area contributed by atoms with E-state index in [0.717, 1.165) is 5.56 Å². The summed E-state index contributed by atoms with van der Waals surface area (Å²) in [6.07, 6.45) is 3.21. The van der Waals surface area contributed by atoms with Crippen molar-refractivity contribution in [3.8, 4) is 0 Å². The third-order valence-electron chi connectivity index (χ3n) is 3.13. The summed E-state index contributed by atoms with van der Waals surface area (Å²) in [5.74, 6) is 0.317. The van der Waals surface area contributed by atoms with Crippen LogP contribution in [0.1, 0.15) is 16.1 Å². The molecule has 0 atom stereocenters. The van der Waals surface area contributed by atoms with Gasteiger partial charge in [-0.1, -0.05) is 35.9 Å². The molecule has 0 aliphatic heterocycles. The van der Waals surface area contributed by atoms with Crippen molar-refractivity contribution in [3.05, 3.63) is 77.2 Å². The van der Waals surface area contributed by atoms with Gasteiger partial charge in [-0.15, -0.1) is 0 Å². The maximum absolute atomic E-state index is 12.1. The zero-order chi connectivity index (χ0) is 15.4. The van der Waals surface area contributed by atoms with Crippen LogP contribution in [0.2, 0.25) is 5.02 Å². The second kappa shape index (κ2) is 6.41. The Bertz CT molecular complexity index is 786. The zero-order valence-corrected chi connectivity index (χ0v) is 12.4. The van der Waals surface area contributed by atoms with Crippen LogP contribution in [-0.4, -0.2) is 20.7 Å². The lowest BCUT2D eigenvalue weighted by atomic mass is 10.2. The van der Waals surface area contributed by atoms with Gasteiger partial charge in [-0.05, 0) is 23.8 Å². The highest BCUT2D eigenvalue weighted by atomic mass is 35.5. The van der Waals surface area contributed by atoms with Crippen LogP contribution in [0.4, 0.5) is 5.82 Å². The Morgan fingerprint density at radius 3 is 2.68 bits per heavy atom. The predicted octanol–water partition coefficient (Wildman–Crippen LogP) is 3.23. The number of nitrogens with one attached hydrogen (secondary N) is 1. The summed E-state index contributed by atoms with van der Waals surface area (Å²) in [5.41, 5.74) is 1.29. The molecule has 3 aromatic rings. The number of benzene rings is 1. The number of carbonyl (C=O) groups excluding carboxylic acids is 1. The molecule has 2 heterocycles. The molecule has 1 N–H and O–H groups in total. The molecular weight excluding hydrogens is 300 g/mol. The maximum Gasteiger partial charge on any atom is 0.275 e. The first-order valence-electron chi connectivity index (χ1n) is 6.71.